The first kappa shape index (κ1) is 22.5. The number of hydrogen-bond acceptors (Lipinski definition) is 6. The summed E-state index contributed by atoms with van der Waals surface area (Å²) in [6.07, 6.45) is 0. The van der Waals surface area contributed by atoms with Crippen LogP contribution in [0, 0.1) is 6.92 Å². The molecule has 2 aromatic heterocycles. The molecule has 0 bridgehead atoms. The lowest BCUT2D eigenvalue weighted by Gasteiger charge is -2.15. The van der Waals surface area contributed by atoms with Gasteiger partial charge in [0.2, 0.25) is 11.8 Å². The number of amides is 2. The number of primary amides is 1. The SMILES string of the molecule is Cc1ccc(-c2nc3ccccc3c3nnc(SCC(=O)NC(C(N)=O)c4ccccc4)n23)cc1. The number of rotatable bonds is 7. The molecule has 3 N–H and O–H groups in total. The Morgan fingerprint density at radius 3 is 2.43 bits per heavy atom. The maximum Gasteiger partial charge on any atom is 0.244 e. The third kappa shape index (κ3) is 4.58. The number of carbonyl (C=O) groups excluding carboxylic acids is 2. The number of nitrogens with zero attached hydrogens (tertiary/aromatic N) is 4. The highest BCUT2D eigenvalue weighted by atomic mass is 32.2. The molecule has 0 aliphatic heterocycles. The van der Waals surface area contributed by atoms with Crippen molar-refractivity contribution in [1.29, 1.82) is 0 Å². The molecule has 0 saturated carbocycles. The van der Waals surface area contributed by atoms with Crippen LogP contribution in [0.5, 0.6) is 0 Å². The van der Waals surface area contributed by atoms with E-state index in [1.165, 1.54) is 11.8 Å². The van der Waals surface area contributed by atoms with Crippen LogP contribution in [-0.4, -0.2) is 37.1 Å². The van der Waals surface area contributed by atoms with E-state index in [-0.39, 0.29) is 11.7 Å². The number of aryl methyl sites for hydroxylation is 1. The van der Waals surface area contributed by atoms with Crippen LogP contribution in [0.3, 0.4) is 0 Å². The minimum Gasteiger partial charge on any atom is -0.368 e. The lowest BCUT2D eigenvalue weighted by molar-refractivity contribution is -0.126. The van der Waals surface area contributed by atoms with E-state index in [1.54, 1.807) is 24.3 Å². The number of fused-ring (bicyclic) bond motifs is 3. The standard InChI is InChI=1S/C26H22N6O2S/c1-16-11-13-18(14-12-16)24-28-20-10-6-5-9-19(20)25-30-31-26(32(24)25)35-15-21(33)29-22(23(27)34)17-7-3-2-4-8-17/h2-14,22H,15H2,1H3,(H2,27,34)(H,29,33). The molecule has 5 aromatic rings. The summed E-state index contributed by atoms with van der Waals surface area (Å²) in [5.41, 5.74) is 9.69. The second-order valence-electron chi connectivity index (χ2n) is 8.06. The Labute approximate surface area is 205 Å². The maximum absolute atomic E-state index is 12.8. The molecule has 0 spiro atoms. The average Bonchev–Trinajstić information content (AvgIpc) is 3.31. The number of para-hydroxylation sites is 1. The highest BCUT2D eigenvalue weighted by Crippen LogP contribution is 2.29. The van der Waals surface area contributed by atoms with Crippen LogP contribution >= 0.6 is 11.8 Å². The summed E-state index contributed by atoms with van der Waals surface area (Å²) in [4.78, 5) is 29.6. The van der Waals surface area contributed by atoms with E-state index in [4.69, 9.17) is 10.7 Å². The molecule has 0 radical (unpaired) electrons. The monoisotopic (exact) mass is 482 g/mol. The predicted octanol–water partition coefficient (Wildman–Crippen LogP) is 3.69. The van der Waals surface area contributed by atoms with Crippen LogP contribution in [0.1, 0.15) is 17.2 Å². The number of nitrogens with two attached hydrogens (primary N) is 1. The van der Waals surface area contributed by atoms with Gasteiger partial charge in [-0.1, -0.05) is 84.1 Å². The molecule has 5 rings (SSSR count). The molecular formula is C26H22N6O2S. The van der Waals surface area contributed by atoms with E-state index in [0.717, 1.165) is 22.0 Å². The Balaban J connectivity index is 1.47. The number of carbonyl (C=O) groups is 2. The third-order valence-corrected chi connectivity index (χ3v) is 6.51. The van der Waals surface area contributed by atoms with Gasteiger partial charge in [-0.2, -0.15) is 0 Å². The molecule has 3 aromatic carbocycles. The van der Waals surface area contributed by atoms with E-state index < -0.39 is 11.9 Å². The summed E-state index contributed by atoms with van der Waals surface area (Å²) >= 11 is 1.22. The Kier molecular flexibility index (Phi) is 6.15. The van der Waals surface area contributed by atoms with Crippen molar-refractivity contribution in [2.45, 2.75) is 18.1 Å². The Morgan fingerprint density at radius 1 is 0.971 bits per heavy atom. The van der Waals surface area contributed by atoms with Crippen LogP contribution in [-0.2, 0) is 9.59 Å². The summed E-state index contributed by atoms with van der Waals surface area (Å²) in [6.45, 7) is 2.03. The van der Waals surface area contributed by atoms with Gasteiger partial charge in [0.05, 0.1) is 11.3 Å². The topological polar surface area (TPSA) is 115 Å². The zero-order valence-corrected chi connectivity index (χ0v) is 19.7. The van der Waals surface area contributed by atoms with Crippen LogP contribution in [0.15, 0.2) is 84.0 Å². The van der Waals surface area contributed by atoms with Gasteiger partial charge in [0.1, 0.15) is 11.9 Å². The van der Waals surface area contributed by atoms with Crippen molar-refractivity contribution in [2.24, 2.45) is 5.73 Å². The van der Waals surface area contributed by atoms with Crippen molar-refractivity contribution >= 4 is 40.1 Å². The molecule has 174 valence electrons. The fourth-order valence-corrected chi connectivity index (χ4v) is 4.59. The van der Waals surface area contributed by atoms with Gasteiger partial charge in [0.25, 0.3) is 0 Å². The highest BCUT2D eigenvalue weighted by molar-refractivity contribution is 7.99. The van der Waals surface area contributed by atoms with Crippen molar-refractivity contribution in [1.82, 2.24) is 24.9 Å². The Morgan fingerprint density at radius 2 is 1.69 bits per heavy atom. The molecule has 0 aliphatic carbocycles. The molecule has 2 heterocycles. The van der Waals surface area contributed by atoms with Gasteiger partial charge < -0.3 is 11.1 Å². The van der Waals surface area contributed by atoms with Gasteiger partial charge in [0.15, 0.2) is 10.8 Å². The van der Waals surface area contributed by atoms with Crippen LogP contribution < -0.4 is 11.1 Å². The second-order valence-corrected chi connectivity index (χ2v) is 9.00. The summed E-state index contributed by atoms with van der Waals surface area (Å²) in [5.74, 6) is -0.256. The molecule has 8 nitrogen and oxygen atoms in total. The van der Waals surface area contributed by atoms with E-state index in [0.29, 0.717) is 22.2 Å². The predicted molar refractivity (Wildman–Crippen MR) is 136 cm³/mol. The number of nitrogens with one attached hydrogen (secondary N) is 1. The van der Waals surface area contributed by atoms with Gasteiger partial charge in [-0.3, -0.25) is 14.0 Å². The molecule has 9 heteroatoms. The lowest BCUT2D eigenvalue weighted by atomic mass is 10.1. The summed E-state index contributed by atoms with van der Waals surface area (Å²) in [6, 6.07) is 23.8. The first-order chi connectivity index (χ1) is 17.0. The van der Waals surface area contributed by atoms with Crippen molar-refractivity contribution in [3.63, 3.8) is 0 Å². The van der Waals surface area contributed by atoms with Crippen molar-refractivity contribution in [3.05, 3.63) is 90.0 Å². The molecule has 1 atom stereocenters. The number of aromatic nitrogens is 4. The summed E-state index contributed by atoms with van der Waals surface area (Å²) in [5, 5.41) is 12.9. The normalized spacial score (nSPS) is 12.0. The van der Waals surface area contributed by atoms with Crippen LogP contribution in [0.2, 0.25) is 0 Å². The minimum atomic E-state index is -0.909. The van der Waals surface area contributed by atoms with Crippen molar-refractivity contribution in [3.8, 4) is 11.4 Å². The fourth-order valence-electron chi connectivity index (χ4n) is 3.85. The van der Waals surface area contributed by atoms with Crippen molar-refractivity contribution in [2.75, 3.05) is 5.75 Å². The summed E-state index contributed by atoms with van der Waals surface area (Å²) < 4.78 is 1.87. The van der Waals surface area contributed by atoms with E-state index in [2.05, 4.69) is 15.5 Å². The zero-order valence-electron chi connectivity index (χ0n) is 18.9. The quantitative estimate of drug-likeness (QED) is 0.342. The van der Waals surface area contributed by atoms with Crippen molar-refractivity contribution < 1.29 is 9.59 Å². The zero-order chi connectivity index (χ0) is 24.4. The van der Waals surface area contributed by atoms with Gasteiger partial charge in [0, 0.05) is 10.9 Å². The lowest BCUT2D eigenvalue weighted by Crippen LogP contribution is -2.38. The number of benzene rings is 3. The van der Waals surface area contributed by atoms with Crippen LogP contribution in [0.25, 0.3) is 27.9 Å². The molecule has 1 unspecified atom stereocenters. The van der Waals surface area contributed by atoms with E-state index in [9.17, 15) is 9.59 Å². The summed E-state index contributed by atoms with van der Waals surface area (Å²) in [7, 11) is 0. The number of thioether (sulfide) groups is 1. The molecule has 0 aliphatic rings. The second kappa shape index (κ2) is 9.55. The van der Waals surface area contributed by atoms with E-state index in [1.807, 2.05) is 65.9 Å². The molecule has 2 amide bonds. The Bertz CT molecular complexity index is 1530. The fraction of sp³-hybridized carbons (Fsp3) is 0.115. The molecule has 0 fully saturated rings. The minimum absolute atomic E-state index is 0.0254. The van der Waals surface area contributed by atoms with Gasteiger partial charge in [-0.15, -0.1) is 10.2 Å². The molecule has 35 heavy (non-hydrogen) atoms. The average molecular weight is 483 g/mol. The first-order valence-electron chi connectivity index (χ1n) is 11.0. The maximum atomic E-state index is 12.8. The smallest absolute Gasteiger partial charge is 0.244 e. The highest BCUT2D eigenvalue weighted by Gasteiger charge is 2.22. The Hall–Kier alpha value is -4.24. The van der Waals surface area contributed by atoms with Gasteiger partial charge in [-0.25, -0.2) is 4.98 Å². The van der Waals surface area contributed by atoms with Gasteiger partial charge in [-0.05, 0) is 24.6 Å². The largest absolute Gasteiger partial charge is 0.368 e. The number of hydrogen-bond donors (Lipinski definition) is 2. The first-order valence-corrected chi connectivity index (χ1v) is 12.0. The van der Waals surface area contributed by atoms with Crippen LogP contribution in [0.4, 0.5) is 0 Å². The van der Waals surface area contributed by atoms with Gasteiger partial charge >= 0.3 is 0 Å². The molecular weight excluding hydrogens is 460 g/mol. The molecule has 0 saturated heterocycles. The third-order valence-electron chi connectivity index (χ3n) is 5.58. The van der Waals surface area contributed by atoms with E-state index >= 15 is 0 Å².